The molecule has 0 unspecified atom stereocenters. The predicted octanol–water partition coefficient (Wildman–Crippen LogP) is 5.01. The number of amides is 1. The molecule has 1 saturated heterocycles. The van der Waals surface area contributed by atoms with E-state index in [1.807, 2.05) is 74.8 Å². The second kappa shape index (κ2) is 10.8. The molecule has 204 valence electrons. The van der Waals surface area contributed by atoms with E-state index >= 15 is 0 Å². The number of imidazole rings is 1. The summed E-state index contributed by atoms with van der Waals surface area (Å²) in [5.41, 5.74) is 2.32. The summed E-state index contributed by atoms with van der Waals surface area (Å²) < 4.78 is 7.56. The molecule has 5 heterocycles. The second-order valence-corrected chi connectivity index (χ2v) is 10.7. The van der Waals surface area contributed by atoms with Crippen molar-refractivity contribution in [1.29, 1.82) is 0 Å². The van der Waals surface area contributed by atoms with Crippen molar-refractivity contribution >= 4 is 40.8 Å². The van der Waals surface area contributed by atoms with Gasteiger partial charge >= 0.3 is 6.09 Å². The fourth-order valence-electron chi connectivity index (χ4n) is 4.49. The molecule has 0 aliphatic carbocycles. The van der Waals surface area contributed by atoms with Gasteiger partial charge in [0.05, 0.1) is 0 Å². The van der Waals surface area contributed by atoms with Crippen LogP contribution >= 0.6 is 0 Å². The van der Waals surface area contributed by atoms with E-state index in [4.69, 9.17) is 14.7 Å². The van der Waals surface area contributed by atoms with Gasteiger partial charge in [-0.3, -0.25) is 0 Å². The standard InChI is InChI=1S/C28H35N9O2/c1-6-20-7-9-29-22(15-20)32-26-33-23(31-21-8-11-35-12-10-30-24(35)16-21)17-25(34-26)36-13-14-37(19(2)18-36)27(38)39-28(3,4)5/h7-12,15-17,19H,6,13-14,18H2,1-5H3,(H2,29,31,32,33,34)/t19-/m1/s1. The lowest BCUT2D eigenvalue weighted by Gasteiger charge is -2.40. The van der Waals surface area contributed by atoms with Crippen LogP contribution < -0.4 is 15.5 Å². The molecule has 39 heavy (non-hydrogen) atoms. The first-order chi connectivity index (χ1) is 18.7. The molecule has 4 aromatic rings. The van der Waals surface area contributed by atoms with Crippen molar-refractivity contribution in [2.45, 2.75) is 52.7 Å². The van der Waals surface area contributed by atoms with E-state index in [0.29, 0.717) is 37.2 Å². The lowest BCUT2D eigenvalue weighted by atomic mass is 10.2. The lowest BCUT2D eigenvalue weighted by Crippen LogP contribution is -2.55. The highest BCUT2D eigenvalue weighted by atomic mass is 16.6. The Bertz CT molecular complexity index is 1460. The molecular formula is C28H35N9O2. The number of nitrogens with zero attached hydrogens (tertiary/aromatic N) is 7. The van der Waals surface area contributed by atoms with Crippen molar-refractivity contribution in [2.24, 2.45) is 0 Å². The van der Waals surface area contributed by atoms with Gasteiger partial charge in [-0.15, -0.1) is 0 Å². The van der Waals surface area contributed by atoms with Gasteiger partial charge in [-0.05, 0) is 57.9 Å². The number of aryl methyl sites for hydroxylation is 1. The average Bonchev–Trinajstić information content (AvgIpc) is 3.35. The number of ether oxygens (including phenoxy) is 1. The van der Waals surface area contributed by atoms with Gasteiger partial charge in [-0.25, -0.2) is 14.8 Å². The fraction of sp³-hybridized carbons (Fsp3) is 0.393. The molecule has 0 aromatic carbocycles. The maximum Gasteiger partial charge on any atom is 0.410 e. The zero-order chi connectivity index (χ0) is 27.6. The molecule has 11 heteroatoms. The Balaban J connectivity index is 1.41. The van der Waals surface area contributed by atoms with E-state index in [9.17, 15) is 4.79 Å². The Labute approximate surface area is 228 Å². The summed E-state index contributed by atoms with van der Waals surface area (Å²) in [5, 5.41) is 6.67. The summed E-state index contributed by atoms with van der Waals surface area (Å²) in [4.78, 5) is 35.1. The molecule has 11 nitrogen and oxygen atoms in total. The Morgan fingerprint density at radius 3 is 2.64 bits per heavy atom. The van der Waals surface area contributed by atoms with Crippen molar-refractivity contribution < 1.29 is 9.53 Å². The third kappa shape index (κ3) is 6.36. The molecule has 0 radical (unpaired) electrons. The molecule has 0 spiro atoms. The number of pyridine rings is 2. The number of hydrogen-bond acceptors (Lipinski definition) is 9. The zero-order valence-corrected chi connectivity index (χ0v) is 23.0. The Hall–Kier alpha value is -4.41. The minimum atomic E-state index is -0.537. The van der Waals surface area contributed by atoms with Crippen molar-refractivity contribution in [3.05, 3.63) is 60.7 Å². The molecule has 0 saturated carbocycles. The summed E-state index contributed by atoms with van der Waals surface area (Å²) >= 11 is 0. The topological polar surface area (TPSA) is 113 Å². The van der Waals surface area contributed by atoms with Crippen LogP contribution in [0.15, 0.2) is 55.1 Å². The first-order valence-electron chi connectivity index (χ1n) is 13.2. The number of aromatic nitrogens is 5. The number of nitrogens with one attached hydrogen (secondary N) is 2. The molecule has 5 rings (SSSR count). The average molecular weight is 530 g/mol. The van der Waals surface area contributed by atoms with Gasteiger partial charge in [0, 0.05) is 68.3 Å². The van der Waals surface area contributed by atoms with Crippen LogP contribution in [-0.2, 0) is 11.2 Å². The van der Waals surface area contributed by atoms with Gasteiger partial charge < -0.3 is 29.6 Å². The van der Waals surface area contributed by atoms with E-state index in [2.05, 4.69) is 32.4 Å². The number of hydrogen-bond donors (Lipinski definition) is 2. The highest BCUT2D eigenvalue weighted by Gasteiger charge is 2.31. The van der Waals surface area contributed by atoms with Crippen LogP contribution in [-0.4, -0.2) is 66.6 Å². The van der Waals surface area contributed by atoms with Crippen molar-refractivity contribution in [1.82, 2.24) is 29.2 Å². The number of rotatable bonds is 6. The second-order valence-electron chi connectivity index (χ2n) is 10.7. The van der Waals surface area contributed by atoms with Crippen LogP contribution in [0.3, 0.4) is 0 Å². The van der Waals surface area contributed by atoms with Crippen LogP contribution in [0, 0.1) is 0 Å². The first kappa shape index (κ1) is 26.2. The van der Waals surface area contributed by atoms with Crippen LogP contribution in [0.25, 0.3) is 5.65 Å². The van der Waals surface area contributed by atoms with Crippen molar-refractivity contribution in [3.8, 4) is 0 Å². The maximum atomic E-state index is 12.7. The molecule has 1 aliphatic heterocycles. The third-order valence-corrected chi connectivity index (χ3v) is 6.43. The van der Waals surface area contributed by atoms with Crippen LogP contribution in [0.4, 0.5) is 33.9 Å². The molecule has 4 aromatic heterocycles. The van der Waals surface area contributed by atoms with Crippen LogP contribution in [0.2, 0.25) is 0 Å². The first-order valence-corrected chi connectivity index (χ1v) is 13.2. The monoisotopic (exact) mass is 529 g/mol. The molecule has 1 fully saturated rings. The highest BCUT2D eigenvalue weighted by Crippen LogP contribution is 2.26. The summed E-state index contributed by atoms with van der Waals surface area (Å²) in [7, 11) is 0. The van der Waals surface area contributed by atoms with Gasteiger partial charge in [0.15, 0.2) is 0 Å². The smallest absolute Gasteiger partial charge is 0.410 e. The van der Waals surface area contributed by atoms with Crippen molar-refractivity contribution in [2.75, 3.05) is 35.2 Å². The van der Waals surface area contributed by atoms with E-state index in [0.717, 1.165) is 23.6 Å². The third-order valence-electron chi connectivity index (χ3n) is 6.43. The molecule has 1 amide bonds. The number of carbonyl (C=O) groups excluding carboxylic acids is 1. The predicted molar refractivity (Wildman–Crippen MR) is 152 cm³/mol. The summed E-state index contributed by atoms with van der Waals surface area (Å²) in [5.74, 6) is 2.49. The van der Waals surface area contributed by atoms with Crippen LogP contribution in [0.5, 0.6) is 0 Å². The normalized spacial score (nSPS) is 15.9. The highest BCUT2D eigenvalue weighted by molar-refractivity contribution is 5.70. The summed E-state index contributed by atoms with van der Waals surface area (Å²) in [6, 6.07) is 9.79. The van der Waals surface area contributed by atoms with E-state index < -0.39 is 5.60 Å². The van der Waals surface area contributed by atoms with Gasteiger partial charge in [-0.2, -0.15) is 9.97 Å². The van der Waals surface area contributed by atoms with Gasteiger partial charge in [0.1, 0.15) is 28.7 Å². The van der Waals surface area contributed by atoms with E-state index in [1.165, 1.54) is 5.56 Å². The number of carbonyl (C=O) groups is 1. The maximum absolute atomic E-state index is 12.7. The number of piperazine rings is 1. The van der Waals surface area contributed by atoms with Gasteiger partial charge in [0.2, 0.25) is 5.95 Å². The largest absolute Gasteiger partial charge is 0.444 e. The fourth-order valence-corrected chi connectivity index (χ4v) is 4.49. The SMILES string of the molecule is CCc1ccnc(Nc2nc(Nc3ccn4ccnc4c3)cc(N3CCN(C(=O)OC(C)(C)C)[C@H](C)C3)n2)c1. The molecule has 1 aliphatic rings. The number of anilines is 5. The Morgan fingerprint density at radius 2 is 1.87 bits per heavy atom. The lowest BCUT2D eigenvalue weighted by molar-refractivity contribution is 0.0158. The minimum absolute atomic E-state index is 0.0536. The molecule has 1 atom stereocenters. The van der Waals surface area contributed by atoms with E-state index in [-0.39, 0.29) is 12.1 Å². The zero-order valence-electron chi connectivity index (χ0n) is 23.0. The van der Waals surface area contributed by atoms with Gasteiger partial charge in [0.25, 0.3) is 0 Å². The minimum Gasteiger partial charge on any atom is -0.444 e. The summed E-state index contributed by atoms with van der Waals surface area (Å²) in [6.45, 7) is 11.5. The molecule has 2 N–H and O–H groups in total. The van der Waals surface area contributed by atoms with Crippen LogP contribution in [0.1, 0.15) is 40.2 Å². The Kier molecular flexibility index (Phi) is 7.23. The van der Waals surface area contributed by atoms with Crippen molar-refractivity contribution in [3.63, 3.8) is 0 Å². The quantitative estimate of drug-likeness (QED) is 0.356. The van der Waals surface area contributed by atoms with Gasteiger partial charge in [-0.1, -0.05) is 6.92 Å². The molecule has 0 bridgehead atoms. The van der Waals surface area contributed by atoms with E-state index in [1.54, 1.807) is 17.3 Å². The summed E-state index contributed by atoms with van der Waals surface area (Å²) in [6.07, 6.45) is 8.00. The molecular weight excluding hydrogens is 494 g/mol. The Morgan fingerprint density at radius 1 is 1.03 bits per heavy atom. The number of fused-ring (bicyclic) bond motifs is 1.